The van der Waals surface area contributed by atoms with E-state index in [1.54, 1.807) is 24.1 Å². The number of carbonyl (C=O) groups excluding carboxylic acids is 1. The highest BCUT2D eigenvalue weighted by molar-refractivity contribution is 6.06. The zero-order valence-corrected chi connectivity index (χ0v) is 13.1. The fraction of sp³-hybridized carbons (Fsp3) is 0.222. The Hall–Kier alpha value is -3.02. The molecule has 0 spiro atoms. The third kappa shape index (κ3) is 2.56. The quantitative estimate of drug-likeness (QED) is 0.802. The molecular formula is C18H16N2O4. The van der Waals surface area contributed by atoms with Gasteiger partial charge in [0.2, 0.25) is 0 Å². The lowest BCUT2D eigenvalue weighted by molar-refractivity contribution is 0.0176. The number of aromatic nitrogens is 1. The summed E-state index contributed by atoms with van der Waals surface area (Å²) in [5, 5.41) is 0.920. The van der Waals surface area contributed by atoms with Crippen LogP contribution in [0.5, 0.6) is 5.75 Å². The molecule has 0 saturated carbocycles. The number of hydrogen-bond donors (Lipinski definition) is 1. The van der Waals surface area contributed by atoms with Crippen molar-refractivity contribution in [2.45, 2.75) is 13.0 Å². The molecule has 0 bridgehead atoms. The Labute approximate surface area is 137 Å². The van der Waals surface area contributed by atoms with E-state index in [1.807, 2.05) is 24.3 Å². The molecule has 1 saturated heterocycles. The van der Waals surface area contributed by atoms with Crippen molar-refractivity contribution in [3.05, 3.63) is 64.3 Å². The zero-order chi connectivity index (χ0) is 16.7. The van der Waals surface area contributed by atoms with Gasteiger partial charge in [-0.25, -0.2) is 4.79 Å². The number of aryl methyl sites for hydroxylation is 1. The largest absolute Gasteiger partial charge is 0.486 e. The molecule has 6 nitrogen and oxygen atoms in total. The molecule has 4 rings (SSSR count). The first-order valence-electron chi connectivity index (χ1n) is 7.74. The summed E-state index contributed by atoms with van der Waals surface area (Å²) in [4.78, 5) is 28.8. The number of hydrogen-bond acceptors (Lipinski definition) is 4. The first-order chi connectivity index (χ1) is 11.6. The molecule has 1 aliphatic rings. The molecule has 1 aromatic carbocycles. The minimum Gasteiger partial charge on any atom is -0.486 e. The number of rotatable bonds is 3. The van der Waals surface area contributed by atoms with Gasteiger partial charge in [0.25, 0.3) is 5.91 Å². The molecule has 1 fully saturated rings. The van der Waals surface area contributed by atoms with Gasteiger partial charge in [0.1, 0.15) is 17.6 Å². The fourth-order valence-electron chi connectivity index (χ4n) is 2.93. The van der Waals surface area contributed by atoms with E-state index >= 15 is 0 Å². The second kappa shape index (κ2) is 5.56. The van der Waals surface area contributed by atoms with E-state index in [4.69, 9.17) is 9.15 Å². The third-order valence-corrected chi connectivity index (χ3v) is 4.12. The summed E-state index contributed by atoms with van der Waals surface area (Å²) in [7, 11) is 0. The monoisotopic (exact) mass is 324 g/mol. The van der Waals surface area contributed by atoms with Crippen LogP contribution in [-0.4, -0.2) is 35.0 Å². The minimum atomic E-state index is -0.434. The number of likely N-dealkylation sites (tertiary alicyclic amines) is 1. The van der Waals surface area contributed by atoms with E-state index in [0.717, 1.165) is 10.9 Å². The second-order valence-corrected chi connectivity index (χ2v) is 5.92. The molecule has 0 radical (unpaired) electrons. The fourth-order valence-corrected chi connectivity index (χ4v) is 2.93. The van der Waals surface area contributed by atoms with Crippen LogP contribution < -0.4 is 10.4 Å². The van der Waals surface area contributed by atoms with Gasteiger partial charge in [0, 0.05) is 23.2 Å². The summed E-state index contributed by atoms with van der Waals surface area (Å²) in [6, 6.07) is 10.7. The van der Waals surface area contributed by atoms with E-state index < -0.39 is 5.63 Å². The molecule has 3 aromatic rings. The average Bonchev–Trinajstić information content (AvgIpc) is 2.93. The lowest BCUT2D eigenvalue weighted by Crippen LogP contribution is -2.56. The van der Waals surface area contributed by atoms with E-state index in [1.165, 1.54) is 6.07 Å². The van der Waals surface area contributed by atoms with Gasteiger partial charge in [-0.2, -0.15) is 0 Å². The van der Waals surface area contributed by atoms with Crippen LogP contribution in [0.1, 0.15) is 16.1 Å². The number of carbonyl (C=O) groups is 1. The number of fused-ring (bicyclic) bond motifs is 1. The van der Waals surface area contributed by atoms with Crippen molar-refractivity contribution in [1.29, 1.82) is 0 Å². The normalized spacial score (nSPS) is 14.6. The number of amides is 1. The topological polar surface area (TPSA) is 75.5 Å². The van der Waals surface area contributed by atoms with E-state index in [2.05, 4.69) is 4.98 Å². The highest BCUT2D eigenvalue weighted by Gasteiger charge is 2.33. The van der Waals surface area contributed by atoms with Crippen LogP contribution in [0.25, 0.3) is 10.9 Å². The summed E-state index contributed by atoms with van der Waals surface area (Å²) in [5.41, 5.74) is 1.18. The standard InChI is InChI=1S/C18H16N2O4/c1-11-6-12(7-17(21)23-11)24-13-9-20(10-13)18(22)15-8-19-16-5-3-2-4-14(15)16/h2-8,13,19H,9-10H2,1H3. The summed E-state index contributed by atoms with van der Waals surface area (Å²) >= 11 is 0. The van der Waals surface area contributed by atoms with Crippen molar-refractivity contribution >= 4 is 16.8 Å². The van der Waals surface area contributed by atoms with Crippen molar-refractivity contribution in [2.24, 2.45) is 0 Å². The SMILES string of the molecule is Cc1cc(OC2CN(C(=O)c3c[nH]c4ccccc34)C2)cc(=O)o1. The first-order valence-corrected chi connectivity index (χ1v) is 7.74. The predicted molar refractivity (Wildman–Crippen MR) is 88.3 cm³/mol. The van der Waals surface area contributed by atoms with Crippen LogP contribution in [0, 0.1) is 6.92 Å². The number of nitrogens with zero attached hydrogens (tertiary/aromatic N) is 1. The Kier molecular flexibility index (Phi) is 3.37. The number of benzene rings is 1. The van der Waals surface area contributed by atoms with Gasteiger partial charge in [0.05, 0.1) is 24.7 Å². The van der Waals surface area contributed by atoms with Crippen molar-refractivity contribution in [2.75, 3.05) is 13.1 Å². The number of para-hydroxylation sites is 1. The summed E-state index contributed by atoms with van der Waals surface area (Å²) in [6.07, 6.45) is 1.63. The molecule has 2 aromatic heterocycles. The lowest BCUT2D eigenvalue weighted by Gasteiger charge is -2.38. The molecular weight excluding hydrogens is 308 g/mol. The lowest BCUT2D eigenvalue weighted by atomic mass is 10.1. The van der Waals surface area contributed by atoms with E-state index in [0.29, 0.717) is 30.2 Å². The first kappa shape index (κ1) is 14.6. The maximum atomic E-state index is 12.6. The Morgan fingerprint density at radius 2 is 2.08 bits per heavy atom. The number of nitrogens with one attached hydrogen (secondary N) is 1. The Bertz CT molecular complexity index is 966. The molecule has 0 unspecified atom stereocenters. The summed E-state index contributed by atoms with van der Waals surface area (Å²) in [5.74, 6) is 0.965. The highest BCUT2D eigenvalue weighted by atomic mass is 16.5. The van der Waals surface area contributed by atoms with Crippen LogP contribution >= 0.6 is 0 Å². The maximum absolute atomic E-state index is 12.6. The average molecular weight is 324 g/mol. The van der Waals surface area contributed by atoms with Crippen molar-refractivity contribution < 1.29 is 13.9 Å². The van der Waals surface area contributed by atoms with Crippen LogP contribution in [0.2, 0.25) is 0 Å². The third-order valence-electron chi connectivity index (χ3n) is 4.12. The summed E-state index contributed by atoms with van der Waals surface area (Å²) in [6.45, 7) is 2.69. The minimum absolute atomic E-state index is 0.0175. The van der Waals surface area contributed by atoms with Crippen LogP contribution in [-0.2, 0) is 0 Å². The van der Waals surface area contributed by atoms with Crippen molar-refractivity contribution in [3.63, 3.8) is 0 Å². The van der Waals surface area contributed by atoms with Gasteiger partial charge in [-0.1, -0.05) is 18.2 Å². The number of ether oxygens (including phenoxy) is 1. The summed E-state index contributed by atoms with van der Waals surface area (Å²) < 4.78 is 10.6. The molecule has 1 amide bonds. The highest BCUT2D eigenvalue weighted by Crippen LogP contribution is 2.23. The molecule has 0 aliphatic carbocycles. The van der Waals surface area contributed by atoms with Gasteiger partial charge in [0.15, 0.2) is 0 Å². The van der Waals surface area contributed by atoms with Gasteiger partial charge >= 0.3 is 5.63 Å². The predicted octanol–water partition coefficient (Wildman–Crippen LogP) is 2.33. The van der Waals surface area contributed by atoms with Crippen LogP contribution in [0.15, 0.2) is 51.8 Å². The van der Waals surface area contributed by atoms with Gasteiger partial charge in [-0.05, 0) is 13.0 Å². The zero-order valence-electron chi connectivity index (χ0n) is 13.1. The molecule has 6 heteroatoms. The van der Waals surface area contributed by atoms with E-state index in [9.17, 15) is 9.59 Å². The molecule has 1 aliphatic heterocycles. The van der Waals surface area contributed by atoms with Gasteiger partial charge < -0.3 is 19.0 Å². The number of aromatic amines is 1. The Morgan fingerprint density at radius 3 is 2.88 bits per heavy atom. The second-order valence-electron chi connectivity index (χ2n) is 5.92. The van der Waals surface area contributed by atoms with Crippen molar-refractivity contribution in [1.82, 2.24) is 9.88 Å². The molecule has 24 heavy (non-hydrogen) atoms. The van der Waals surface area contributed by atoms with Gasteiger partial charge in [-0.15, -0.1) is 0 Å². The molecule has 0 atom stereocenters. The molecule has 122 valence electrons. The van der Waals surface area contributed by atoms with Crippen LogP contribution in [0.3, 0.4) is 0 Å². The van der Waals surface area contributed by atoms with Gasteiger partial charge in [-0.3, -0.25) is 4.79 Å². The van der Waals surface area contributed by atoms with Crippen molar-refractivity contribution in [3.8, 4) is 5.75 Å². The Balaban J connectivity index is 1.43. The molecule has 3 heterocycles. The maximum Gasteiger partial charge on any atom is 0.339 e. The Morgan fingerprint density at radius 1 is 1.29 bits per heavy atom. The number of H-pyrrole nitrogens is 1. The van der Waals surface area contributed by atoms with E-state index in [-0.39, 0.29) is 12.0 Å². The molecule has 1 N–H and O–H groups in total. The van der Waals surface area contributed by atoms with Crippen LogP contribution in [0.4, 0.5) is 0 Å². The smallest absolute Gasteiger partial charge is 0.339 e.